The molecule has 2 heteroatoms. The van der Waals surface area contributed by atoms with Crippen molar-refractivity contribution in [1.29, 1.82) is 0 Å². The van der Waals surface area contributed by atoms with E-state index in [0.29, 0.717) is 0 Å². The summed E-state index contributed by atoms with van der Waals surface area (Å²) in [6, 6.07) is 4.27. The highest BCUT2D eigenvalue weighted by Crippen LogP contribution is 2.08. The lowest BCUT2D eigenvalue weighted by molar-refractivity contribution is 0.661. The average molecular weight is 168 g/mol. The van der Waals surface area contributed by atoms with Crippen LogP contribution in [-0.4, -0.2) is 13.1 Å². The minimum atomic E-state index is 0.994. The molecule has 0 spiro atoms. The Bertz CT molecular complexity index is 170. The molecule has 1 rings (SSSR count). The second-order valence-electron chi connectivity index (χ2n) is 2.50. The molecule has 0 aromatic carbocycles. The Hall–Kier alpha value is -0.340. The molecule has 0 aliphatic carbocycles. The van der Waals surface area contributed by atoms with Crippen LogP contribution in [0.1, 0.15) is 18.2 Å². The van der Waals surface area contributed by atoms with Crippen molar-refractivity contribution in [2.75, 3.05) is 13.1 Å². The molecule has 0 amide bonds. The first-order valence-electron chi connectivity index (χ1n) is 4.09. The van der Waals surface area contributed by atoms with Crippen molar-refractivity contribution in [3.05, 3.63) is 22.4 Å². The van der Waals surface area contributed by atoms with Crippen LogP contribution in [0.15, 0.2) is 17.5 Å². The van der Waals surface area contributed by atoms with Crippen LogP contribution in [-0.2, 0) is 6.42 Å². The minimum absolute atomic E-state index is 0.994. The van der Waals surface area contributed by atoms with Gasteiger partial charge in [-0.05, 0) is 24.3 Å². The van der Waals surface area contributed by atoms with Gasteiger partial charge in [0.2, 0.25) is 0 Å². The number of hydrogen-bond acceptors (Lipinski definition) is 1. The zero-order chi connectivity index (χ0) is 7.94. The molecule has 0 N–H and O–H groups in total. The first kappa shape index (κ1) is 8.75. The van der Waals surface area contributed by atoms with E-state index in [4.69, 9.17) is 0 Å². The summed E-state index contributed by atoms with van der Waals surface area (Å²) in [6.07, 6.45) is 2.29. The maximum absolute atomic E-state index is 4.37. The number of thiophene rings is 1. The molecule has 1 nitrogen and oxygen atoms in total. The molecule has 0 aliphatic heterocycles. The van der Waals surface area contributed by atoms with Gasteiger partial charge in [-0.3, -0.25) is 0 Å². The summed E-state index contributed by atoms with van der Waals surface area (Å²) in [5.41, 5.74) is 0. The predicted octanol–water partition coefficient (Wildman–Crippen LogP) is 2.31. The summed E-state index contributed by atoms with van der Waals surface area (Å²) in [5.74, 6) is 0. The average Bonchev–Trinajstić information content (AvgIpc) is 2.50. The van der Waals surface area contributed by atoms with Gasteiger partial charge in [0.25, 0.3) is 0 Å². The fraction of sp³-hybridized carbons (Fsp3) is 0.556. The normalized spacial score (nSPS) is 10.3. The van der Waals surface area contributed by atoms with Gasteiger partial charge < -0.3 is 0 Å². The molecule has 0 unspecified atom stereocenters. The maximum atomic E-state index is 4.37. The third kappa shape index (κ3) is 3.54. The molecule has 0 aliphatic rings. The van der Waals surface area contributed by atoms with Crippen molar-refractivity contribution < 1.29 is 0 Å². The topological polar surface area (TPSA) is 14.1 Å². The molecule has 61 valence electrons. The molecule has 1 aromatic rings. The molecule has 1 aromatic heterocycles. The van der Waals surface area contributed by atoms with E-state index in [1.807, 2.05) is 11.3 Å². The lowest BCUT2D eigenvalue weighted by Gasteiger charge is -1.97. The van der Waals surface area contributed by atoms with Crippen molar-refractivity contribution in [1.82, 2.24) is 5.32 Å². The third-order valence-corrected chi connectivity index (χ3v) is 2.41. The van der Waals surface area contributed by atoms with Gasteiger partial charge >= 0.3 is 0 Å². The quantitative estimate of drug-likeness (QED) is 0.599. The van der Waals surface area contributed by atoms with Gasteiger partial charge in [0.1, 0.15) is 0 Å². The summed E-state index contributed by atoms with van der Waals surface area (Å²) in [7, 11) is 0. The Balaban J connectivity index is 2.04. The van der Waals surface area contributed by atoms with Crippen molar-refractivity contribution >= 4 is 11.3 Å². The lowest BCUT2D eigenvalue weighted by Crippen LogP contribution is -2.09. The van der Waals surface area contributed by atoms with Gasteiger partial charge in [0.15, 0.2) is 0 Å². The van der Waals surface area contributed by atoms with Crippen LogP contribution in [0.5, 0.6) is 0 Å². The van der Waals surface area contributed by atoms with E-state index >= 15 is 0 Å². The highest BCUT2D eigenvalue weighted by atomic mass is 32.1. The van der Waals surface area contributed by atoms with Gasteiger partial charge in [-0.1, -0.05) is 13.0 Å². The largest absolute Gasteiger partial charge is 0.241 e. The smallest absolute Gasteiger partial charge is 0.0181 e. The molecule has 1 heterocycles. The molecular formula is C9H14NS. The maximum Gasteiger partial charge on any atom is 0.0181 e. The molecule has 0 atom stereocenters. The van der Waals surface area contributed by atoms with E-state index < -0.39 is 0 Å². The monoisotopic (exact) mass is 168 g/mol. The van der Waals surface area contributed by atoms with E-state index in [0.717, 1.165) is 19.5 Å². The zero-order valence-electron chi connectivity index (χ0n) is 6.92. The second-order valence-corrected chi connectivity index (χ2v) is 3.53. The van der Waals surface area contributed by atoms with Crippen molar-refractivity contribution in [2.24, 2.45) is 0 Å². The van der Waals surface area contributed by atoms with Gasteiger partial charge in [-0.15, -0.1) is 11.3 Å². The minimum Gasteiger partial charge on any atom is -0.241 e. The second kappa shape index (κ2) is 5.33. The Morgan fingerprint density at radius 1 is 1.45 bits per heavy atom. The van der Waals surface area contributed by atoms with Crippen LogP contribution in [0.3, 0.4) is 0 Å². The fourth-order valence-electron chi connectivity index (χ4n) is 0.914. The molecular weight excluding hydrogens is 154 g/mol. The predicted molar refractivity (Wildman–Crippen MR) is 50.2 cm³/mol. The van der Waals surface area contributed by atoms with Crippen LogP contribution in [0.2, 0.25) is 0 Å². The Kier molecular flexibility index (Phi) is 4.24. The zero-order valence-corrected chi connectivity index (χ0v) is 7.73. The third-order valence-electron chi connectivity index (χ3n) is 1.48. The van der Waals surface area contributed by atoms with Gasteiger partial charge in [-0.25, -0.2) is 5.32 Å². The molecule has 1 radical (unpaired) electrons. The van der Waals surface area contributed by atoms with Crippen LogP contribution in [0.4, 0.5) is 0 Å². The molecule has 0 saturated heterocycles. The number of hydrogen-bond donors (Lipinski definition) is 0. The first-order valence-corrected chi connectivity index (χ1v) is 4.97. The standard InChI is InChI=1S/C9H14NS/c1-2-6-10-7-5-9-4-3-8-11-9/h3-4,8H,2,5-7H2,1H3. The Morgan fingerprint density at radius 2 is 2.36 bits per heavy atom. The van der Waals surface area contributed by atoms with Crippen LogP contribution in [0.25, 0.3) is 0 Å². The van der Waals surface area contributed by atoms with E-state index in [1.165, 1.54) is 11.3 Å². The summed E-state index contributed by atoms with van der Waals surface area (Å²) in [6.45, 7) is 4.17. The van der Waals surface area contributed by atoms with E-state index in [1.54, 1.807) is 0 Å². The van der Waals surface area contributed by atoms with Crippen LogP contribution < -0.4 is 5.32 Å². The van der Waals surface area contributed by atoms with E-state index in [-0.39, 0.29) is 0 Å². The molecule has 0 bridgehead atoms. The van der Waals surface area contributed by atoms with Gasteiger partial charge in [0, 0.05) is 18.0 Å². The SMILES string of the molecule is CCC[N]CCc1cccs1. The van der Waals surface area contributed by atoms with Crippen molar-refractivity contribution in [3.8, 4) is 0 Å². The summed E-state index contributed by atoms with van der Waals surface area (Å²) < 4.78 is 0. The molecule has 11 heavy (non-hydrogen) atoms. The van der Waals surface area contributed by atoms with Crippen molar-refractivity contribution in [3.63, 3.8) is 0 Å². The highest BCUT2D eigenvalue weighted by molar-refractivity contribution is 7.09. The Morgan fingerprint density at radius 3 is 3.00 bits per heavy atom. The van der Waals surface area contributed by atoms with Gasteiger partial charge in [0.05, 0.1) is 0 Å². The van der Waals surface area contributed by atoms with E-state index in [2.05, 4.69) is 29.8 Å². The van der Waals surface area contributed by atoms with Crippen LogP contribution in [0, 0.1) is 0 Å². The lowest BCUT2D eigenvalue weighted by atomic mass is 10.3. The summed E-state index contributed by atoms with van der Waals surface area (Å²) in [4.78, 5) is 1.45. The molecule has 0 saturated carbocycles. The number of nitrogens with zero attached hydrogens (tertiary/aromatic N) is 1. The summed E-state index contributed by atoms with van der Waals surface area (Å²) >= 11 is 1.82. The Labute approximate surface area is 72.4 Å². The molecule has 0 fully saturated rings. The fourth-order valence-corrected chi connectivity index (χ4v) is 1.61. The van der Waals surface area contributed by atoms with E-state index in [9.17, 15) is 0 Å². The van der Waals surface area contributed by atoms with Crippen LogP contribution >= 0.6 is 11.3 Å². The highest BCUT2D eigenvalue weighted by Gasteiger charge is 1.92. The van der Waals surface area contributed by atoms with Gasteiger partial charge in [-0.2, -0.15) is 0 Å². The summed E-state index contributed by atoms with van der Waals surface area (Å²) in [5, 5.41) is 6.49. The van der Waals surface area contributed by atoms with Crippen molar-refractivity contribution in [2.45, 2.75) is 19.8 Å². The number of rotatable bonds is 5. The first-order chi connectivity index (χ1) is 5.43.